The maximum atomic E-state index is 5.03. The number of hydrogen-bond acceptors (Lipinski definition) is 7. The molecule has 0 spiro atoms. The van der Waals surface area contributed by atoms with E-state index in [-0.39, 0.29) is 0 Å². The smallest absolute Gasteiger partial charge is 0.226 e. The number of nitrogens with one attached hydrogen (secondary N) is 2. The minimum Gasteiger partial charge on any atom is -0.481 e. The van der Waals surface area contributed by atoms with Crippen LogP contribution in [0.1, 0.15) is 11.5 Å². The van der Waals surface area contributed by atoms with Crippen LogP contribution in [-0.2, 0) is 6.54 Å². The van der Waals surface area contributed by atoms with Gasteiger partial charge in [-0.05, 0) is 6.92 Å². The lowest BCUT2D eigenvalue weighted by atomic mass is 10.4. The number of tetrazole rings is 1. The van der Waals surface area contributed by atoms with Crippen molar-refractivity contribution in [1.29, 1.82) is 0 Å². The number of aryl methyl sites for hydroxylation is 1. The molecule has 0 aliphatic carbocycles. The Balaban J connectivity index is 2.06. The van der Waals surface area contributed by atoms with Crippen LogP contribution in [0.5, 0.6) is 5.88 Å². The summed E-state index contributed by atoms with van der Waals surface area (Å²) in [6, 6.07) is 1.75. The Morgan fingerprint density at radius 3 is 3.00 bits per heavy atom. The standard InChI is InChI=1S/C8H11N7O/c1-5-3-7(16-2)11-8(10-5)9-4-6-12-14-15-13-6/h3H,4H2,1-2H3,(H,9,10,11)(H,12,13,14,15). The van der Waals surface area contributed by atoms with Crippen LogP contribution in [0, 0.1) is 6.92 Å². The number of H-pyrrole nitrogens is 1. The Morgan fingerprint density at radius 1 is 1.44 bits per heavy atom. The van der Waals surface area contributed by atoms with Crippen LogP contribution >= 0.6 is 0 Å². The van der Waals surface area contributed by atoms with Crippen molar-refractivity contribution in [1.82, 2.24) is 30.6 Å². The van der Waals surface area contributed by atoms with E-state index in [1.54, 1.807) is 13.2 Å². The third kappa shape index (κ3) is 2.41. The van der Waals surface area contributed by atoms with Crippen molar-refractivity contribution >= 4 is 5.95 Å². The SMILES string of the molecule is COc1cc(C)nc(NCc2nn[nH]n2)n1. The minimum absolute atomic E-state index is 0.406. The van der Waals surface area contributed by atoms with E-state index in [2.05, 4.69) is 35.9 Å². The minimum atomic E-state index is 0.406. The summed E-state index contributed by atoms with van der Waals surface area (Å²) in [6.45, 7) is 2.27. The number of hydrogen-bond donors (Lipinski definition) is 2. The molecule has 8 heteroatoms. The van der Waals surface area contributed by atoms with Gasteiger partial charge >= 0.3 is 0 Å². The van der Waals surface area contributed by atoms with Gasteiger partial charge in [0.25, 0.3) is 0 Å². The van der Waals surface area contributed by atoms with E-state index in [1.165, 1.54) is 0 Å². The summed E-state index contributed by atoms with van der Waals surface area (Å²) >= 11 is 0. The van der Waals surface area contributed by atoms with E-state index in [0.29, 0.717) is 24.2 Å². The van der Waals surface area contributed by atoms with E-state index in [9.17, 15) is 0 Å². The summed E-state index contributed by atoms with van der Waals surface area (Å²) in [4.78, 5) is 8.31. The fourth-order valence-electron chi connectivity index (χ4n) is 1.14. The lowest BCUT2D eigenvalue weighted by Gasteiger charge is -2.05. The summed E-state index contributed by atoms with van der Waals surface area (Å²) in [6.07, 6.45) is 0. The molecule has 2 aromatic rings. The van der Waals surface area contributed by atoms with Gasteiger partial charge in [0.1, 0.15) is 0 Å². The molecule has 0 radical (unpaired) electrons. The highest BCUT2D eigenvalue weighted by Crippen LogP contribution is 2.11. The van der Waals surface area contributed by atoms with Crippen molar-refractivity contribution < 1.29 is 4.74 Å². The number of rotatable bonds is 4. The molecule has 0 unspecified atom stereocenters. The van der Waals surface area contributed by atoms with E-state index in [0.717, 1.165) is 5.69 Å². The number of methoxy groups -OCH3 is 1. The first-order valence-corrected chi connectivity index (χ1v) is 4.64. The molecule has 0 atom stereocenters. The maximum absolute atomic E-state index is 5.03. The van der Waals surface area contributed by atoms with E-state index < -0.39 is 0 Å². The normalized spacial score (nSPS) is 10.1. The predicted molar refractivity (Wildman–Crippen MR) is 54.8 cm³/mol. The van der Waals surface area contributed by atoms with Crippen LogP contribution < -0.4 is 10.1 Å². The quantitative estimate of drug-likeness (QED) is 0.744. The first kappa shape index (κ1) is 10.3. The summed E-state index contributed by atoms with van der Waals surface area (Å²) in [7, 11) is 1.56. The first-order chi connectivity index (χ1) is 7.78. The highest BCUT2D eigenvalue weighted by atomic mass is 16.5. The van der Waals surface area contributed by atoms with Crippen molar-refractivity contribution in [2.24, 2.45) is 0 Å². The van der Waals surface area contributed by atoms with Crippen molar-refractivity contribution in [3.8, 4) is 5.88 Å². The molecule has 0 amide bonds. The van der Waals surface area contributed by atoms with Crippen LogP contribution in [0.25, 0.3) is 0 Å². The number of anilines is 1. The maximum Gasteiger partial charge on any atom is 0.226 e. The van der Waals surface area contributed by atoms with Crippen molar-refractivity contribution in [3.63, 3.8) is 0 Å². The molecular formula is C8H11N7O. The third-order valence-electron chi connectivity index (χ3n) is 1.83. The molecule has 2 rings (SSSR count). The number of ether oxygens (including phenoxy) is 1. The van der Waals surface area contributed by atoms with Crippen LogP contribution in [0.4, 0.5) is 5.95 Å². The number of aromatic amines is 1. The summed E-state index contributed by atoms with van der Waals surface area (Å²) in [5, 5.41) is 16.4. The number of nitrogens with zero attached hydrogens (tertiary/aromatic N) is 5. The molecule has 0 fully saturated rings. The van der Waals surface area contributed by atoms with E-state index in [1.807, 2.05) is 6.92 Å². The molecule has 0 aromatic carbocycles. The highest BCUT2D eigenvalue weighted by molar-refractivity contribution is 5.30. The summed E-state index contributed by atoms with van der Waals surface area (Å²) in [5.74, 6) is 1.54. The lowest BCUT2D eigenvalue weighted by molar-refractivity contribution is 0.397. The van der Waals surface area contributed by atoms with E-state index >= 15 is 0 Å². The van der Waals surface area contributed by atoms with Crippen molar-refractivity contribution in [2.75, 3.05) is 12.4 Å². The van der Waals surface area contributed by atoms with Crippen molar-refractivity contribution in [2.45, 2.75) is 13.5 Å². The first-order valence-electron chi connectivity index (χ1n) is 4.64. The zero-order valence-corrected chi connectivity index (χ0v) is 8.93. The van der Waals surface area contributed by atoms with Gasteiger partial charge in [-0.2, -0.15) is 10.2 Å². The van der Waals surface area contributed by atoms with Gasteiger partial charge in [-0.1, -0.05) is 5.21 Å². The Morgan fingerprint density at radius 2 is 2.31 bits per heavy atom. The molecule has 0 aliphatic heterocycles. The Kier molecular flexibility index (Phi) is 2.90. The van der Waals surface area contributed by atoms with Gasteiger partial charge in [-0.15, -0.1) is 10.2 Å². The van der Waals surface area contributed by atoms with Gasteiger partial charge in [0, 0.05) is 11.8 Å². The highest BCUT2D eigenvalue weighted by Gasteiger charge is 2.03. The molecular weight excluding hydrogens is 210 g/mol. The fourth-order valence-corrected chi connectivity index (χ4v) is 1.14. The van der Waals surface area contributed by atoms with Crippen LogP contribution in [0.15, 0.2) is 6.07 Å². The largest absolute Gasteiger partial charge is 0.481 e. The van der Waals surface area contributed by atoms with Crippen molar-refractivity contribution in [3.05, 3.63) is 17.6 Å². The second-order valence-corrected chi connectivity index (χ2v) is 3.06. The fraction of sp³-hybridized carbons (Fsp3) is 0.375. The zero-order valence-electron chi connectivity index (χ0n) is 8.93. The molecule has 2 heterocycles. The topological polar surface area (TPSA) is 102 Å². The van der Waals surface area contributed by atoms with Crippen LogP contribution in [0.3, 0.4) is 0 Å². The van der Waals surface area contributed by atoms with Gasteiger partial charge in [-0.3, -0.25) is 0 Å². The van der Waals surface area contributed by atoms with Crippen LogP contribution in [0.2, 0.25) is 0 Å². The van der Waals surface area contributed by atoms with Gasteiger partial charge in [0.05, 0.1) is 13.7 Å². The molecule has 8 nitrogen and oxygen atoms in total. The second kappa shape index (κ2) is 4.51. The predicted octanol–water partition coefficient (Wildman–Crippen LogP) is -0.0812. The Labute approximate surface area is 91.5 Å². The molecule has 16 heavy (non-hydrogen) atoms. The number of aromatic nitrogens is 6. The van der Waals surface area contributed by atoms with E-state index in [4.69, 9.17) is 4.74 Å². The monoisotopic (exact) mass is 221 g/mol. The van der Waals surface area contributed by atoms with Gasteiger partial charge in [-0.25, -0.2) is 4.98 Å². The molecule has 0 saturated heterocycles. The summed E-state index contributed by atoms with van der Waals surface area (Å²) in [5.41, 5.74) is 0.822. The van der Waals surface area contributed by atoms with Gasteiger partial charge in [0.15, 0.2) is 5.82 Å². The molecule has 0 bridgehead atoms. The van der Waals surface area contributed by atoms with Gasteiger partial charge in [0.2, 0.25) is 11.8 Å². The zero-order chi connectivity index (χ0) is 11.4. The molecule has 0 aliphatic rings. The summed E-state index contributed by atoms with van der Waals surface area (Å²) < 4.78 is 5.03. The molecule has 2 N–H and O–H groups in total. The molecule has 84 valence electrons. The average Bonchev–Trinajstić information content (AvgIpc) is 2.78. The Bertz CT molecular complexity index is 455. The van der Waals surface area contributed by atoms with Gasteiger partial charge < -0.3 is 10.1 Å². The second-order valence-electron chi connectivity index (χ2n) is 3.06. The third-order valence-corrected chi connectivity index (χ3v) is 1.83. The molecule has 0 saturated carbocycles. The lowest BCUT2D eigenvalue weighted by Crippen LogP contribution is -2.06. The molecule has 2 aromatic heterocycles. The average molecular weight is 221 g/mol. The Hall–Kier alpha value is -2.25. The van der Waals surface area contributed by atoms with Crippen LogP contribution in [-0.4, -0.2) is 37.7 Å².